The SMILES string of the molecule is Cc1ccc(C(CN)N(C)Cc2cnn(C)c2)cc1F. The first kappa shape index (κ1) is 14.7. The van der Waals surface area contributed by atoms with Crippen LogP contribution in [0.2, 0.25) is 0 Å². The van der Waals surface area contributed by atoms with E-state index in [1.807, 2.05) is 32.6 Å². The third-order valence-electron chi connectivity index (χ3n) is 3.53. The van der Waals surface area contributed by atoms with Crippen LogP contribution in [-0.2, 0) is 13.6 Å². The topological polar surface area (TPSA) is 47.1 Å². The van der Waals surface area contributed by atoms with Crippen LogP contribution in [0.15, 0.2) is 30.6 Å². The second-order valence-electron chi connectivity index (χ2n) is 5.20. The average Bonchev–Trinajstić information content (AvgIpc) is 2.80. The van der Waals surface area contributed by atoms with Crippen molar-refractivity contribution in [2.75, 3.05) is 13.6 Å². The van der Waals surface area contributed by atoms with Gasteiger partial charge in [0.25, 0.3) is 0 Å². The Hall–Kier alpha value is -1.72. The van der Waals surface area contributed by atoms with Gasteiger partial charge in [-0.1, -0.05) is 12.1 Å². The highest BCUT2D eigenvalue weighted by Crippen LogP contribution is 2.22. The van der Waals surface area contributed by atoms with E-state index in [9.17, 15) is 4.39 Å². The summed E-state index contributed by atoms with van der Waals surface area (Å²) in [4.78, 5) is 2.11. The van der Waals surface area contributed by atoms with Crippen molar-refractivity contribution in [2.45, 2.75) is 19.5 Å². The molecule has 0 fully saturated rings. The van der Waals surface area contributed by atoms with Crippen molar-refractivity contribution in [2.24, 2.45) is 12.8 Å². The third kappa shape index (κ3) is 3.23. The molecule has 5 heteroatoms. The van der Waals surface area contributed by atoms with E-state index >= 15 is 0 Å². The van der Waals surface area contributed by atoms with E-state index in [-0.39, 0.29) is 11.9 Å². The first-order chi connectivity index (χ1) is 9.51. The summed E-state index contributed by atoms with van der Waals surface area (Å²) in [6.45, 7) is 2.93. The number of benzene rings is 1. The molecule has 1 heterocycles. The molecule has 108 valence electrons. The Morgan fingerprint density at radius 1 is 1.45 bits per heavy atom. The number of likely N-dealkylation sites (N-methyl/N-ethyl adjacent to an activating group) is 1. The van der Waals surface area contributed by atoms with Gasteiger partial charge in [0, 0.05) is 37.9 Å². The van der Waals surface area contributed by atoms with Gasteiger partial charge >= 0.3 is 0 Å². The van der Waals surface area contributed by atoms with Gasteiger partial charge in [0.1, 0.15) is 5.82 Å². The van der Waals surface area contributed by atoms with Gasteiger partial charge in [-0.2, -0.15) is 5.10 Å². The van der Waals surface area contributed by atoms with Crippen LogP contribution in [0.25, 0.3) is 0 Å². The van der Waals surface area contributed by atoms with E-state index in [1.54, 1.807) is 23.7 Å². The van der Waals surface area contributed by atoms with Gasteiger partial charge in [0.15, 0.2) is 0 Å². The van der Waals surface area contributed by atoms with Crippen LogP contribution in [0, 0.1) is 12.7 Å². The molecule has 2 rings (SSSR count). The van der Waals surface area contributed by atoms with E-state index in [2.05, 4.69) is 10.00 Å². The first-order valence-corrected chi connectivity index (χ1v) is 6.65. The molecule has 0 saturated carbocycles. The van der Waals surface area contributed by atoms with Crippen LogP contribution >= 0.6 is 0 Å². The zero-order valence-electron chi connectivity index (χ0n) is 12.2. The number of nitrogens with zero attached hydrogens (tertiary/aromatic N) is 3. The summed E-state index contributed by atoms with van der Waals surface area (Å²) in [5.41, 5.74) is 8.54. The maximum atomic E-state index is 13.7. The van der Waals surface area contributed by atoms with E-state index in [4.69, 9.17) is 5.73 Å². The summed E-state index contributed by atoms with van der Waals surface area (Å²) in [5, 5.41) is 4.15. The molecule has 2 aromatic rings. The lowest BCUT2D eigenvalue weighted by Gasteiger charge is -2.27. The van der Waals surface area contributed by atoms with Crippen LogP contribution in [0.3, 0.4) is 0 Å². The van der Waals surface area contributed by atoms with E-state index in [1.165, 1.54) is 0 Å². The molecule has 0 saturated heterocycles. The number of nitrogens with two attached hydrogens (primary N) is 1. The Morgan fingerprint density at radius 2 is 2.20 bits per heavy atom. The van der Waals surface area contributed by atoms with Crippen molar-refractivity contribution in [3.05, 3.63) is 53.1 Å². The number of hydrogen-bond donors (Lipinski definition) is 1. The van der Waals surface area contributed by atoms with Crippen LogP contribution in [0.4, 0.5) is 4.39 Å². The van der Waals surface area contributed by atoms with E-state index in [0.29, 0.717) is 12.1 Å². The fourth-order valence-electron chi connectivity index (χ4n) is 2.34. The smallest absolute Gasteiger partial charge is 0.126 e. The Morgan fingerprint density at radius 3 is 2.75 bits per heavy atom. The molecule has 0 aliphatic rings. The van der Waals surface area contributed by atoms with Gasteiger partial charge in [-0.3, -0.25) is 9.58 Å². The van der Waals surface area contributed by atoms with E-state index in [0.717, 1.165) is 17.7 Å². The molecule has 1 aromatic carbocycles. The summed E-state index contributed by atoms with van der Waals surface area (Å²) in [6.07, 6.45) is 3.81. The summed E-state index contributed by atoms with van der Waals surface area (Å²) in [6, 6.07) is 5.30. The largest absolute Gasteiger partial charge is 0.329 e. The number of rotatable bonds is 5. The quantitative estimate of drug-likeness (QED) is 0.908. The molecular weight excluding hydrogens is 255 g/mol. The number of aryl methyl sites for hydroxylation is 2. The minimum atomic E-state index is -0.185. The number of halogens is 1. The summed E-state index contributed by atoms with van der Waals surface area (Å²) >= 11 is 0. The summed E-state index contributed by atoms with van der Waals surface area (Å²) in [7, 11) is 3.88. The van der Waals surface area contributed by atoms with Gasteiger partial charge in [-0.25, -0.2) is 4.39 Å². The predicted molar refractivity (Wildman–Crippen MR) is 77.6 cm³/mol. The zero-order valence-corrected chi connectivity index (χ0v) is 12.2. The highest BCUT2D eigenvalue weighted by Gasteiger charge is 2.17. The highest BCUT2D eigenvalue weighted by molar-refractivity contribution is 5.26. The molecule has 1 aromatic heterocycles. The molecule has 0 amide bonds. The normalized spacial score (nSPS) is 12.9. The molecule has 0 spiro atoms. The lowest BCUT2D eigenvalue weighted by atomic mass is 10.0. The van der Waals surface area contributed by atoms with Crippen LogP contribution in [-0.4, -0.2) is 28.3 Å². The third-order valence-corrected chi connectivity index (χ3v) is 3.53. The summed E-state index contributed by atoms with van der Waals surface area (Å²) < 4.78 is 15.5. The lowest BCUT2D eigenvalue weighted by molar-refractivity contribution is 0.241. The Kier molecular flexibility index (Phi) is 4.52. The maximum absolute atomic E-state index is 13.7. The molecule has 0 radical (unpaired) electrons. The van der Waals surface area contributed by atoms with Crippen molar-refractivity contribution < 1.29 is 4.39 Å². The van der Waals surface area contributed by atoms with Gasteiger partial charge in [-0.05, 0) is 31.2 Å². The van der Waals surface area contributed by atoms with Crippen molar-refractivity contribution in [3.8, 4) is 0 Å². The van der Waals surface area contributed by atoms with Crippen molar-refractivity contribution in [1.29, 1.82) is 0 Å². The van der Waals surface area contributed by atoms with Crippen molar-refractivity contribution in [3.63, 3.8) is 0 Å². The van der Waals surface area contributed by atoms with Gasteiger partial charge in [-0.15, -0.1) is 0 Å². The Balaban J connectivity index is 2.16. The number of hydrogen-bond acceptors (Lipinski definition) is 3. The van der Waals surface area contributed by atoms with Gasteiger partial charge in [0.2, 0.25) is 0 Å². The molecule has 4 nitrogen and oxygen atoms in total. The van der Waals surface area contributed by atoms with E-state index < -0.39 is 0 Å². The monoisotopic (exact) mass is 276 g/mol. The minimum Gasteiger partial charge on any atom is -0.329 e. The fourth-order valence-corrected chi connectivity index (χ4v) is 2.34. The molecule has 1 atom stereocenters. The first-order valence-electron chi connectivity index (χ1n) is 6.65. The zero-order chi connectivity index (χ0) is 14.7. The van der Waals surface area contributed by atoms with Crippen LogP contribution < -0.4 is 5.73 Å². The summed E-state index contributed by atoms with van der Waals surface area (Å²) in [5.74, 6) is -0.185. The average molecular weight is 276 g/mol. The van der Waals surface area contributed by atoms with Crippen molar-refractivity contribution >= 4 is 0 Å². The van der Waals surface area contributed by atoms with Gasteiger partial charge in [0.05, 0.1) is 6.20 Å². The predicted octanol–water partition coefficient (Wildman–Crippen LogP) is 2.00. The Bertz CT molecular complexity index is 579. The standard InChI is InChI=1S/C15H21FN4/c1-11-4-5-13(6-14(11)16)15(7-17)19(2)9-12-8-18-20(3)10-12/h4-6,8,10,15H,7,9,17H2,1-3H3. The van der Waals surface area contributed by atoms with Gasteiger partial charge < -0.3 is 5.73 Å². The molecule has 0 aliphatic heterocycles. The second-order valence-corrected chi connectivity index (χ2v) is 5.20. The number of aromatic nitrogens is 2. The molecular formula is C15H21FN4. The van der Waals surface area contributed by atoms with Crippen LogP contribution in [0.1, 0.15) is 22.7 Å². The second kappa shape index (κ2) is 6.15. The molecule has 1 unspecified atom stereocenters. The minimum absolute atomic E-state index is 0.00898. The molecule has 2 N–H and O–H groups in total. The molecule has 20 heavy (non-hydrogen) atoms. The maximum Gasteiger partial charge on any atom is 0.126 e. The fraction of sp³-hybridized carbons (Fsp3) is 0.400. The van der Waals surface area contributed by atoms with Crippen molar-refractivity contribution in [1.82, 2.24) is 14.7 Å². The Labute approximate surface area is 119 Å². The lowest BCUT2D eigenvalue weighted by Crippen LogP contribution is -2.30. The van der Waals surface area contributed by atoms with Crippen LogP contribution in [0.5, 0.6) is 0 Å². The highest BCUT2D eigenvalue weighted by atomic mass is 19.1. The molecule has 0 aliphatic carbocycles. The molecule has 0 bridgehead atoms.